The molecule has 2 heterocycles. The standard InChI is InChI=1S/C15H20N6/c1-3-21-14-7-5-4-6-12(14)13(18-21)10-16-9-8-15-17-11-20(2)19-15/h4-7,11,16H,3,8-10H2,1-2H3. The van der Waals surface area contributed by atoms with Crippen LogP contribution in [0.25, 0.3) is 10.9 Å². The lowest BCUT2D eigenvalue weighted by atomic mass is 10.2. The summed E-state index contributed by atoms with van der Waals surface area (Å²) < 4.78 is 3.78. The molecule has 3 aromatic rings. The van der Waals surface area contributed by atoms with Crippen LogP contribution in [0.5, 0.6) is 0 Å². The van der Waals surface area contributed by atoms with Gasteiger partial charge in [0.05, 0.1) is 11.2 Å². The van der Waals surface area contributed by atoms with Crippen LogP contribution < -0.4 is 5.32 Å². The summed E-state index contributed by atoms with van der Waals surface area (Å²) in [5.74, 6) is 0.869. The van der Waals surface area contributed by atoms with E-state index in [1.165, 1.54) is 10.9 Å². The number of nitrogens with one attached hydrogen (secondary N) is 1. The number of hydrogen-bond acceptors (Lipinski definition) is 4. The van der Waals surface area contributed by atoms with Gasteiger partial charge in [0.15, 0.2) is 5.82 Å². The van der Waals surface area contributed by atoms with Gasteiger partial charge in [0.2, 0.25) is 0 Å². The van der Waals surface area contributed by atoms with E-state index >= 15 is 0 Å². The molecule has 0 saturated carbocycles. The summed E-state index contributed by atoms with van der Waals surface area (Å²) in [5, 5.41) is 13.6. The van der Waals surface area contributed by atoms with Crippen LogP contribution in [-0.2, 0) is 26.6 Å². The Morgan fingerprint density at radius 3 is 2.81 bits per heavy atom. The topological polar surface area (TPSA) is 60.6 Å². The minimum absolute atomic E-state index is 0.764. The fraction of sp³-hybridized carbons (Fsp3) is 0.400. The Morgan fingerprint density at radius 2 is 2.05 bits per heavy atom. The number of hydrogen-bond donors (Lipinski definition) is 1. The Labute approximate surface area is 123 Å². The first-order chi connectivity index (χ1) is 10.3. The molecular formula is C15H20N6. The maximum atomic E-state index is 4.68. The smallest absolute Gasteiger partial charge is 0.151 e. The number of rotatable bonds is 6. The molecule has 2 aromatic heterocycles. The predicted molar refractivity (Wildman–Crippen MR) is 81.8 cm³/mol. The van der Waals surface area contributed by atoms with E-state index in [1.807, 2.05) is 11.7 Å². The van der Waals surface area contributed by atoms with Crippen molar-refractivity contribution < 1.29 is 0 Å². The monoisotopic (exact) mass is 284 g/mol. The minimum atomic E-state index is 0.764. The molecule has 3 rings (SSSR count). The van der Waals surface area contributed by atoms with Crippen molar-refractivity contribution >= 4 is 10.9 Å². The van der Waals surface area contributed by atoms with Gasteiger partial charge in [-0.3, -0.25) is 9.36 Å². The maximum Gasteiger partial charge on any atom is 0.151 e. The zero-order chi connectivity index (χ0) is 14.7. The Morgan fingerprint density at radius 1 is 1.19 bits per heavy atom. The largest absolute Gasteiger partial charge is 0.311 e. The number of aryl methyl sites for hydroxylation is 2. The average molecular weight is 284 g/mol. The highest BCUT2D eigenvalue weighted by atomic mass is 15.3. The normalized spacial score (nSPS) is 11.3. The fourth-order valence-corrected chi connectivity index (χ4v) is 2.47. The third-order valence-electron chi connectivity index (χ3n) is 3.50. The zero-order valence-corrected chi connectivity index (χ0v) is 12.5. The van der Waals surface area contributed by atoms with Gasteiger partial charge in [0.1, 0.15) is 6.33 Å². The van der Waals surface area contributed by atoms with Crippen LogP contribution in [0.15, 0.2) is 30.6 Å². The first-order valence-electron chi connectivity index (χ1n) is 7.27. The molecule has 1 aromatic carbocycles. The highest BCUT2D eigenvalue weighted by molar-refractivity contribution is 5.81. The quantitative estimate of drug-likeness (QED) is 0.697. The van der Waals surface area contributed by atoms with E-state index in [9.17, 15) is 0 Å². The average Bonchev–Trinajstić information content (AvgIpc) is 3.07. The summed E-state index contributed by atoms with van der Waals surface area (Å²) in [6.45, 7) is 4.61. The second-order valence-corrected chi connectivity index (χ2v) is 5.04. The number of benzene rings is 1. The molecule has 6 heteroatoms. The highest BCUT2D eigenvalue weighted by Crippen LogP contribution is 2.18. The molecule has 6 nitrogen and oxygen atoms in total. The van der Waals surface area contributed by atoms with E-state index in [2.05, 4.69) is 51.7 Å². The van der Waals surface area contributed by atoms with Gasteiger partial charge in [-0.25, -0.2) is 4.98 Å². The first kappa shape index (κ1) is 13.8. The number of fused-ring (bicyclic) bond motifs is 1. The second kappa shape index (κ2) is 6.05. The number of aromatic nitrogens is 5. The molecule has 0 bridgehead atoms. The van der Waals surface area contributed by atoms with E-state index < -0.39 is 0 Å². The van der Waals surface area contributed by atoms with Gasteiger partial charge >= 0.3 is 0 Å². The van der Waals surface area contributed by atoms with Crippen LogP contribution in [0, 0.1) is 0 Å². The van der Waals surface area contributed by atoms with Gasteiger partial charge in [-0.2, -0.15) is 10.2 Å². The van der Waals surface area contributed by atoms with Crippen LogP contribution in [0.3, 0.4) is 0 Å². The van der Waals surface area contributed by atoms with E-state index in [-0.39, 0.29) is 0 Å². The Hall–Kier alpha value is -2.21. The van der Waals surface area contributed by atoms with Crippen LogP contribution in [0.2, 0.25) is 0 Å². The second-order valence-electron chi connectivity index (χ2n) is 5.04. The molecule has 0 atom stereocenters. The fourth-order valence-electron chi connectivity index (χ4n) is 2.47. The SMILES string of the molecule is CCn1nc(CNCCc2ncn(C)n2)c2ccccc21. The predicted octanol–water partition coefficient (Wildman–Crippen LogP) is 1.52. The van der Waals surface area contributed by atoms with Crippen molar-refractivity contribution in [2.45, 2.75) is 26.4 Å². The van der Waals surface area contributed by atoms with Gasteiger partial charge in [0.25, 0.3) is 0 Å². The maximum absolute atomic E-state index is 4.68. The van der Waals surface area contributed by atoms with Crippen LogP contribution in [0.4, 0.5) is 0 Å². The Balaban J connectivity index is 1.63. The van der Waals surface area contributed by atoms with Gasteiger partial charge in [-0.1, -0.05) is 18.2 Å². The van der Waals surface area contributed by atoms with E-state index in [0.29, 0.717) is 0 Å². The third kappa shape index (κ3) is 2.95. The van der Waals surface area contributed by atoms with Crippen molar-refractivity contribution in [3.63, 3.8) is 0 Å². The Bertz CT molecular complexity index is 727. The van der Waals surface area contributed by atoms with Crippen molar-refractivity contribution in [1.29, 1.82) is 0 Å². The van der Waals surface area contributed by atoms with Crippen molar-refractivity contribution in [1.82, 2.24) is 29.9 Å². The molecule has 0 aliphatic carbocycles. The highest BCUT2D eigenvalue weighted by Gasteiger charge is 2.08. The summed E-state index contributed by atoms with van der Waals surface area (Å²) >= 11 is 0. The molecule has 0 aliphatic rings. The molecule has 1 N–H and O–H groups in total. The van der Waals surface area contributed by atoms with Crippen molar-refractivity contribution in [2.24, 2.45) is 7.05 Å². The van der Waals surface area contributed by atoms with Gasteiger partial charge < -0.3 is 5.32 Å². The molecule has 0 unspecified atom stereocenters. The lowest BCUT2D eigenvalue weighted by Crippen LogP contribution is -2.18. The summed E-state index contributed by atoms with van der Waals surface area (Å²) in [4.78, 5) is 4.22. The van der Waals surface area contributed by atoms with E-state index in [1.54, 1.807) is 11.0 Å². The molecular weight excluding hydrogens is 264 g/mol. The third-order valence-corrected chi connectivity index (χ3v) is 3.50. The minimum Gasteiger partial charge on any atom is -0.311 e. The van der Waals surface area contributed by atoms with E-state index in [0.717, 1.165) is 37.6 Å². The summed E-state index contributed by atoms with van der Waals surface area (Å²) in [6.07, 6.45) is 2.55. The summed E-state index contributed by atoms with van der Waals surface area (Å²) in [5.41, 5.74) is 2.30. The summed E-state index contributed by atoms with van der Waals surface area (Å²) in [7, 11) is 1.88. The number of para-hydroxylation sites is 1. The lowest BCUT2D eigenvalue weighted by Gasteiger charge is -2.01. The lowest BCUT2D eigenvalue weighted by molar-refractivity contribution is 0.623. The first-order valence-corrected chi connectivity index (χ1v) is 7.27. The molecule has 110 valence electrons. The van der Waals surface area contributed by atoms with Crippen molar-refractivity contribution in [2.75, 3.05) is 6.54 Å². The molecule has 0 spiro atoms. The van der Waals surface area contributed by atoms with Gasteiger partial charge in [0, 0.05) is 38.5 Å². The zero-order valence-electron chi connectivity index (χ0n) is 12.5. The summed E-state index contributed by atoms with van der Waals surface area (Å²) in [6, 6.07) is 8.37. The van der Waals surface area contributed by atoms with Crippen molar-refractivity contribution in [3.05, 3.63) is 42.1 Å². The van der Waals surface area contributed by atoms with Crippen LogP contribution in [-0.4, -0.2) is 31.1 Å². The van der Waals surface area contributed by atoms with Crippen molar-refractivity contribution in [3.8, 4) is 0 Å². The van der Waals surface area contributed by atoms with Crippen LogP contribution >= 0.6 is 0 Å². The number of nitrogens with zero attached hydrogens (tertiary/aromatic N) is 5. The molecule has 0 amide bonds. The molecule has 0 fully saturated rings. The Kier molecular flexibility index (Phi) is 3.96. The van der Waals surface area contributed by atoms with Gasteiger partial charge in [-0.15, -0.1) is 0 Å². The molecule has 0 aliphatic heterocycles. The molecule has 21 heavy (non-hydrogen) atoms. The van der Waals surface area contributed by atoms with E-state index in [4.69, 9.17) is 0 Å². The molecule has 0 radical (unpaired) electrons. The van der Waals surface area contributed by atoms with Crippen LogP contribution in [0.1, 0.15) is 18.4 Å². The van der Waals surface area contributed by atoms with Gasteiger partial charge in [-0.05, 0) is 13.0 Å². The molecule has 0 saturated heterocycles.